The van der Waals surface area contributed by atoms with Crippen molar-refractivity contribution in [1.29, 1.82) is 5.26 Å². The van der Waals surface area contributed by atoms with E-state index in [0.717, 1.165) is 0 Å². The quantitative estimate of drug-likeness (QED) is 0.746. The molecule has 2 aromatic carbocycles. The molecule has 0 saturated carbocycles. The van der Waals surface area contributed by atoms with Crippen LogP contribution >= 0.6 is 0 Å². The summed E-state index contributed by atoms with van der Waals surface area (Å²) in [7, 11) is 0. The zero-order valence-corrected chi connectivity index (χ0v) is 11.1. The smallest absolute Gasteiger partial charge is 0.205 e. The van der Waals surface area contributed by atoms with Crippen molar-refractivity contribution in [2.24, 2.45) is 0 Å². The molecule has 3 rings (SSSR count). The molecule has 3 aromatic rings. The summed E-state index contributed by atoms with van der Waals surface area (Å²) >= 11 is 0. The summed E-state index contributed by atoms with van der Waals surface area (Å²) in [6.45, 7) is 1.63. The van der Waals surface area contributed by atoms with Crippen LogP contribution in [0.4, 0.5) is 14.7 Å². The highest BCUT2D eigenvalue weighted by Gasteiger charge is 2.14. The third-order valence-electron chi connectivity index (χ3n) is 3.29. The van der Waals surface area contributed by atoms with E-state index in [0.29, 0.717) is 22.3 Å². The number of nitriles is 1. The Hall–Kier alpha value is -2.94. The van der Waals surface area contributed by atoms with E-state index in [1.54, 1.807) is 23.6 Å². The first kappa shape index (κ1) is 13.1. The summed E-state index contributed by atoms with van der Waals surface area (Å²) in [6, 6.07) is 8.75. The Labute approximate surface area is 119 Å². The summed E-state index contributed by atoms with van der Waals surface area (Å²) in [5.41, 5.74) is 7.73. The van der Waals surface area contributed by atoms with E-state index in [-0.39, 0.29) is 17.3 Å². The molecule has 0 aliphatic heterocycles. The molecular weight excluding hydrogens is 274 g/mol. The first-order chi connectivity index (χ1) is 10.0. The van der Waals surface area contributed by atoms with E-state index >= 15 is 0 Å². The zero-order valence-electron chi connectivity index (χ0n) is 11.1. The molecule has 0 atom stereocenters. The highest BCUT2D eigenvalue weighted by atomic mass is 19.1. The van der Waals surface area contributed by atoms with E-state index < -0.39 is 5.82 Å². The Morgan fingerprint density at radius 3 is 2.67 bits per heavy atom. The minimum atomic E-state index is -0.605. The molecule has 6 heteroatoms. The molecule has 21 heavy (non-hydrogen) atoms. The number of hydrogen-bond donors (Lipinski definition) is 1. The molecule has 0 aliphatic rings. The molecule has 4 nitrogen and oxygen atoms in total. The van der Waals surface area contributed by atoms with Crippen molar-refractivity contribution in [1.82, 2.24) is 9.55 Å². The molecule has 0 saturated heterocycles. The molecular formula is C15H10F2N4. The van der Waals surface area contributed by atoms with Crippen LogP contribution in [0.15, 0.2) is 30.3 Å². The van der Waals surface area contributed by atoms with Crippen LogP contribution in [0.1, 0.15) is 11.1 Å². The summed E-state index contributed by atoms with van der Waals surface area (Å²) in [5.74, 6) is -0.832. The van der Waals surface area contributed by atoms with Gasteiger partial charge >= 0.3 is 0 Å². The number of aromatic nitrogens is 2. The average Bonchev–Trinajstić information content (AvgIpc) is 2.75. The summed E-state index contributed by atoms with van der Waals surface area (Å²) in [4.78, 5) is 4.09. The van der Waals surface area contributed by atoms with Crippen LogP contribution in [0, 0.1) is 29.9 Å². The van der Waals surface area contributed by atoms with Crippen LogP contribution in [-0.4, -0.2) is 9.55 Å². The number of rotatable bonds is 1. The SMILES string of the molecule is Cc1cc2c(cc1F)nc(N)n2-c1ccc(F)c(C#N)c1. The maximum atomic E-state index is 13.6. The second-order valence-electron chi connectivity index (χ2n) is 4.67. The van der Waals surface area contributed by atoms with Crippen molar-refractivity contribution in [3.8, 4) is 11.8 Å². The summed E-state index contributed by atoms with van der Waals surface area (Å²) in [5, 5.41) is 8.91. The Bertz CT molecular complexity index is 906. The van der Waals surface area contributed by atoms with Crippen LogP contribution < -0.4 is 5.73 Å². The second kappa shape index (κ2) is 4.56. The van der Waals surface area contributed by atoms with Crippen molar-refractivity contribution in [3.05, 3.63) is 53.1 Å². The third-order valence-corrected chi connectivity index (χ3v) is 3.29. The molecule has 0 unspecified atom stereocenters. The zero-order chi connectivity index (χ0) is 15.1. The van der Waals surface area contributed by atoms with Crippen molar-refractivity contribution in [2.75, 3.05) is 5.73 Å². The summed E-state index contributed by atoms with van der Waals surface area (Å²) < 4.78 is 28.6. The molecule has 0 spiro atoms. The Kier molecular flexibility index (Phi) is 2.84. The van der Waals surface area contributed by atoms with E-state index in [2.05, 4.69) is 4.98 Å². The van der Waals surface area contributed by atoms with Gasteiger partial charge in [0.25, 0.3) is 0 Å². The number of imidazole rings is 1. The molecule has 2 N–H and O–H groups in total. The molecule has 0 bridgehead atoms. The maximum Gasteiger partial charge on any atom is 0.205 e. The van der Waals surface area contributed by atoms with Crippen molar-refractivity contribution in [3.63, 3.8) is 0 Å². The van der Waals surface area contributed by atoms with Crippen LogP contribution in [0.3, 0.4) is 0 Å². The number of nitrogen functional groups attached to an aromatic ring is 1. The number of nitrogens with two attached hydrogens (primary N) is 1. The number of benzene rings is 2. The molecule has 1 aromatic heterocycles. The molecule has 0 aliphatic carbocycles. The second-order valence-corrected chi connectivity index (χ2v) is 4.67. The van der Waals surface area contributed by atoms with E-state index in [9.17, 15) is 8.78 Å². The average molecular weight is 284 g/mol. The normalized spacial score (nSPS) is 10.8. The van der Waals surface area contributed by atoms with Crippen molar-refractivity contribution in [2.45, 2.75) is 6.92 Å². The van der Waals surface area contributed by atoms with E-state index in [1.165, 1.54) is 24.3 Å². The lowest BCUT2D eigenvalue weighted by molar-refractivity contribution is 0.620. The summed E-state index contributed by atoms with van der Waals surface area (Å²) in [6.07, 6.45) is 0. The number of nitrogens with zero attached hydrogens (tertiary/aromatic N) is 3. The largest absolute Gasteiger partial charge is 0.369 e. The third kappa shape index (κ3) is 1.99. The number of aryl methyl sites for hydroxylation is 1. The predicted octanol–water partition coefficient (Wildman–Crippen LogP) is 3.07. The van der Waals surface area contributed by atoms with Crippen molar-refractivity contribution < 1.29 is 8.78 Å². The van der Waals surface area contributed by atoms with Gasteiger partial charge in [0.05, 0.1) is 22.3 Å². The topological polar surface area (TPSA) is 67.6 Å². The Morgan fingerprint density at radius 1 is 1.19 bits per heavy atom. The molecule has 0 fully saturated rings. The van der Waals surface area contributed by atoms with Gasteiger partial charge in [-0.3, -0.25) is 4.57 Å². The highest BCUT2D eigenvalue weighted by Crippen LogP contribution is 2.26. The fourth-order valence-electron chi connectivity index (χ4n) is 2.23. The van der Waals surface area contributed by atoms with Gasteiger partial charge in [-0.25, -0.2) is 13.8 Å². The number of fused-ring (bicyclic) bond motifs is 1. The van der Waals surface area contributed by atoms with Crippen LogP contribution in [-0.2, 0) is 0 Å². The lowest BCUT2D eigenvalue weighted by Gasteiger charge is -2.08. The van der Waals surface area contributed by atoms with Gasteiger partial charge in [-0.15, -0.1) is 0 Å². The van der Waals surface area contributed by atoms with Crippen LogP contribution in [0.25, 0.3) is 16.7 Å². The Morgan fingerprint density at radius 2 is 1.95 bits per heavy atom. The van der Waals surface area contributed by atoms with Gasteiger partial charge in [0.15, 0.2) is 0 Å². The van der Waals surface area contributed by atoms with E-state index in [1.807, 2.05) is 0 Å². The van der Waals surface area contributed by atoms with Crippen molar-refractivity contribution >= 4 is 17.0 Å². The monoisotopic (exact) mass is 284 g/mol. The standard InChI is InChI=1S/C15H10F2N4/c1-8-4-14-13(6-12(8)17)20-15(19)21(14)10-2-3-11(16)9(5-10)7-18/h2-6H,1H3,(H2,19,20). The molecule has 104 valence electrons. The maximum absolute atomic E-state index is 13.6. The number of hydrogen-bond acceptors (Lipinski definition) is 3. The molecule has 0 radical (unpaired) electrons. The van der Waals surface area contributed by atoms with Gasteiger partial charge in [-0.1, -0.05) is 0 Å². The highest BCUT2D eigenvalue weighted by molar-refractivity contribution is 5.81. The predicted molar refractivity (Wildman–Crippen MR) is 74.9 cm³/mol. The number of halogens is 2. The first-order valence-corrected chi connectivity index (χ1v) is 6.15. The first-order valence-electron chi connectivity index (χ1n) is 6.15. The van der Waals surface area contributed by atoms with Gasteiger partial charge < -0.3 is 5.73 Å². The van der Waals surface area contributed by atoms with Gasteiger partial charge in [0.1, 0.15) is 17.7 Å². The van der Waals surface area contributed by atoms with Crippen LogP contribution in [0.5, 0.6) is 0 Å². The lowest BCUT2D eigenvalue weighted by atomic mass is 10.2. The van der Waals surface area contributed by atoms with Gasteiger partial charge in [0.2, 0.25) is 5.95 Å². The van der Waals surface area contributed by atoms with Gasteiger partial charge in [-0.05, 0) is 36.8 Å². The Balaban J connectivity index is 2.32. The van der Waals surface area contributed by atoms with Gasteiger partial charge in [0, 0.05) is 6.07 Å². The minimum absolute atomic E-state index is 0.0902. The lowest BCUT2D eigenvalue weighted by Crippen LogP contribution is -2.01. The molecule has 1 heterocycles. The number of anilines is 1. The van der Waals surface area contributed by atoms with Crippen LogP contribution in [0.2, 0.25) is 0 Å². The molecule has 0 amide bonds. The minimum Gasteiger partial charge on any atom is -0.369 e. The van der Waals surface area contributed by atoms with E-state index in [4.69, 9.17) is 11.0 Å². The van der Waals surface area contributed by atoms with Gasteiger partial charge in [-0.2, -0.15) is 5.26 Å². The fraction of sp³-hybridized carbons (Fsp3) is 0.0667. The fourth-order valence-corrected chi connectivity index (χ4v) is 2.23.